The predicted octanol–water partition coefficient (Wildman–Crippen LogP) is 2.14. The molecule has 1 aliphatic heterocycles. The molecule has 0 bridgehead atoms. The molecular formula is C10H19F2NO. The summed E-state index contributed by atoms with van der Waals surface area (Å²) in [6, 6.07) is 0.405. The number of ether oxygens (including phenoxy) is 1. The number of hydrogen-bond acceptors (Lipinski definition) is 2. The van der Waals surface area contributed by atoms with Gasteiger partial charge in [0.05, 0.1) is 6.61 Å². The van der Waals surface area contributed by atoms with Gasteiger partial charge in [-0.3, -0.25) is 4.90 Å². The van der Waals surface area contributed by atoms with Gasteiger partial charge >= 0.3 is 0 Å². The fourth-order valence-electron chi connectivity index (χ4n) is 1.71. The molecular weight excluding hydrogens is 188 g/mol. The van der Waals surface area contributed by atoms with E-state index in [4.69, 9.17) is 4.74 Å². The highest BCUT2D eigenvalue weighted by molar-refractivity contribution is 4.78. The molecule has 1 unspecified atom stereocenters. The lowest BCUT2D eigenvalue weighted by atomic mass is 10.1. The first-order chi connectivity index (χ1) is 6.41. The summed E-state index contributed by atoms with van der Waals surface area (Å²) < 4.78 is 31.1. The van der Waals surface area contributed by atoms with Gasteiger partial charge in [-0.2, -0.15) is 0 Å². The van der Waals surface area contributed by atoms with E-state index in [2.05, 4.69) is 18.7 Å². The SMILES string of the molecule is CC(C)N1CCOC(C(C)(F)F)CC1. The van der Waals surface area contributed by atoms with Crippen molar-refractivity contribution >= 4 is 0 Å². The second kappa shape index (κ2) is 4.53. The summed E-state index contributed by atoms with van der Waals surface area (Å²) >= 11 is 0. The molecule has 2 nitrogen and oxygen atoms in total. The van der Waals surface area contributed by atoms with E-state index in [-0.39, 0.29) is 0 Å². The standard InChI is InChI=1S/C10H19F2NO/c1-8(2)13-5-4-9(10(3,11)12)14-7-6-13/h8-9H,4-7H2,1-3H3. The van der Waals surface area contributed by atoms with E-state index in [0.717, 1.165) is 13.5 Å². The fourth-order valence-corrected chi connectivity index (χ4v) is 1.71. The molecule has 0 aromatic heterocycles. The summed E-state index contributed by atoms with van der Waals surface area (Å²) in [6.07, 6.45) is -0.493. The highest BCUT2D eigenvalue weighted by Crippen LogP contribution is 2.25. The molecule has 0 aromatic rings. The molecule has 0 aromatic carbocycles. The van der Waals surface area contributed by atoms with Crippen LogP contribution >= 0.6 is 0 Å². The van der Waals surface area contributed by atoms with Crippen molar-refractivity contribution in [2.24, 2.45) is 0 Å². The van der Waals surface area contributed by atoms with Crippen molar-refractivity contribution in [2.45, 2.75) is 45.3 Å². The second-order valence-electron chi connectivity index (χ2n) is 4.23. The van der Waals surface area contributed by atoms with Crippen LogP contribution in [0.3, 0.4) is 0 Å². The minimum atomic E-state index is -2.72. The molecule has 14 heavy (non-hydrogen) atoms. The minimum absolute atomic E-state index is 0.405. The first kappa shape index (κ1) is 11.9. The van der Waals surface area contributed by atoms with Crippen LogP contribution in [-0.4, -0.2) is 42.7 Å². The highest BCUT2D eigenvalue weighted by atomic mass is 19.3. The van der Waals surface area contributed by atoms with Gasteiger partial charge in [0.25, 0.3) is 5.92 Å². The molecule has 1 atom stereocenters. The maximum Gasteiger partial charge on any atom is 0.271 e. The van der Waals surface area contributed by atoms with Gasteiger partial charge in [-0.05, 0) is 20.3 Å². The van der Waals surface area contributed by atoms with Crippen molar-refractivity contribution in [3.63, 3.8) is 0 Å². The summed E-state index contributed by atoms with van der Waals surface area (Å²) in [6.45, 7) is 6.94. The molecule has 1 aliphatic rings. The van der Waals surface area contributed by atoms with Gasteiger partial charge < -0.3 is 4.74 Å². The number of alkyl halides is 2. The number of nitrogens with zero attached hydrogens (tertiary/aromatic N) is 1. The van der Waals surface area contributed by atoms with Gasteiger partial charge in [0.2, 0.25) is 0 Å². The summed E-state index contributed by atoms with van der Waals surface area (Å²) in [4.78, 5) is 2.17. The van der Waals surface area contributed by atoms with Crippen LogP contribution in [0.1, 0.15) is 27.2 Å². The van der Waals surface area contributed by atoms with E-state index in [1.54, 1.807) is 0 Å². The third kappa shape index (κ3) is 3.17. The average Bonchev–Trinajstić information content (AvgIpc) is 2.26. The van der Waals surface area contributed by atoms with Crippen molar-refractivity contribution in [1.82, 2.24) is 4.90 Å². The topological polar surface area (TPSA) is 12.5 Å². The minimum Gasteiger partial charge on any atom is -0.371 e. The summed E-state index contributed by atoms with van der Waals surface area (Å²) in [7, 11) is 0. The predicted molar refractivity (Wildman–Crippen MR) is 51.7 cm³/mol. The Morgan fingerprint density at radius 3 is 2.50 bits per heavy atom. The Morgan fingerprint density at radius 2 is 2.00 bits per heavy atom. The molecule has 0 amide bonds. The van der Waals surface area contributed by atoms with Crippen LogP contribution in [-0.2, 0) is 4.74 Å². The normalized spacial score (nSPS) is 26.6. The van der Waals surface area contributed by atoms with E-state index in [1.807, 2.05) is 0 Å². The van der Waals surface area contributed by atoms with E-state index >= 15 is 0 Å². The maximum atomic E-state index is 13.0. The van der Waals surface area contributed by atoms with E-state index in [0.29, 0.717) is 25.6 Å². The van der Waals surface area contributed by atoms with Crippen LogP contribution in [0.25, 0.3) is 0 Å². The third-order valence-electron chi connectivity index (χ3n) is 2.67. The summed E-state index contributed by atoms with van der Waals surface area (Å²) in [5.74, 6) is -2.72. The first-order valence-electron chi connectivity index (χ1n) is 5.14. The van der Waals surface area contributed by atoms with Crippen LogP contribution in [0.15, 0.2) is 0 Å². The number of halogens is 2. The monoisotopic (exact) mass is 207 g/mol. The second-order valence-corrected chi connectivity index (χ2v) is 4.23. The van der Waals surface area contributed by atoms with E-state index in [9.17, 15) is 8.78 Å². The maximum absolute atomic E-state index is 13.0. The van der Waals surface area contributed by atoms with Crippen molar-refractivity contribution in [1.29, 1.82) is 0 Å². The Bertz CT molecular complexity index is 179. The Kier molecular flexibility index (Phi) is 3.84. The van der Waals surface area contributed by atoms with Gasteiger partial charge in [-0.1, -0.05) is 0 Å². The summed E-state index contributed by atoms with van der Waals surface area (Å²) in [5.41, 5.74) is 0. The zero-order valence-electron chi connectivity index (χ0n) is 9.09. The Balaban J connectivity index is 2.49. The lowest BCUT2D eigenvalue weighted by molar-refractivity contribution is -0.121. The third-order valence-corrected chi connectivity index (χ3v) is 2.67. The Hall–Kier alpha value is -0.220. The van der Waals surface area contributed by atoms with E-state index in [1.165, 1.54) is 0 Å². The van der Waals surface area contributed by atoms with Crippen molar-refractivity contribution < 1.29 is 13.5 Å². The molecule has 0 radical (unpaired) electrons. The van der Waals surface area contributed by atoms with Crippen LogP contribution in [0, 0.1) is 0 Å². The lowest BCUT2D eigenvalue weighted by Gasteiger charge is -2.24. The van der Waals surface area contributed by atoms with Crippen molar-refractivity contribution in [3.05, 3.63) is 0 Å². The lowest BCUT2D eigenvalue weighted by Crippen LogP contribution is -2.34. The Morgan fingerprint density at radius 1 is 1.36 bits per heavy atom. The smallest absolute Gasteiger partial charge is 0.271 e. The molecule has 1 rings (SSSR count). The van der Waals surface area contributed by atoms with E-state index < -0.39 is 12.0 Å². The van der Waals surface area contributed by atoms with Crippen molar-refractivity contribution in [2.75, 3.05) is 19.7 Å². The molecule has 0 N–H and O–H groups in total. The molecule has 0 aliphatic carbocycles. The molecule has 84 valence electrons. The zero-order valence-corrected chi connectivity index (χ0v) is 9.09. The largest absolute Gasteiger partial charge is 0.371 e. The highest BCUT2D eigenvalue weighted by Gasteiger charge is 2.36. The quantitative estimate of drug-likeness (QED) is 0.688. The zero-order chi connectivity index (χ0) is 10.8. The number of hydrogen-bond donors (Lipinski definition) is 0. The molecule has 0 spiro atoms. The van der Waals surface area contributed by atoms with Gasteiger partial charge in [-0.15, -0.1) is 0 Å². The molecule has 0 saturated carbocycles. The van der Waals surface area contributed by atoms with Gasteiger partial charge in [0, 0.05) is 26.1 Å². The van der Waals surface area contributed by atoms with Crippen molar-refractivity contribution in [3.8, 4) is 0 Å². The molecule has 1 fully saturated rings. The molecule has 1 heterocycles. The average molecular weight is 207 g/mol. The van der Waals surface area contributed by atoms with Gasteiger partial charge in [0.15, 0.2) is 0 Å². The summed E-state index contributed by atoms with van der Waals surface area (Å²) in [5, 5.41) is 0. The molecule has 4 heteroatoms. The van der Waals surface area contributed by atoms with Gasteiger partial charge in [-0.25, -0.2) is 8.78 Å². The first-order valence-corrected chi connectivity index (χ1v) is 5.14. The van der Waals surface area contributed by atoms with Crippen LogP contribution in [0.2, 0.25) is 0 Å². The molecule has 1 saturated heterocycles. The van der Waals surface area contributed by atoms with Crippen LogP contribution in [0.4, 0.5) is 8.78 Å². The van der Waals surface area contributed by atoms with Crippen LogP contribution in [0.5, 0.6) is 0 Å². The fraction of sp³-hybridized carbons (Fsp3) is 1.00. The van der Waals surface area contributed by atoms with Gasteiger partial charge in [0.1, 0.15) is 6.10 Å². The van der Waals surface area contributed by atoms with Crippen LogP contribution < -0.4 is 0 Å². The Labute approximate surface area is 84.2 Å². The number of rotatable bonds is 2.